The quantitative estimate of drug-likeness (QED) is 0.415. The Morgan fingerprint density at radius 3 is 2.97 bits per heavy atom. The van der Waals surface area contributed by atoms with E-state index in [-0.39, 0.29) is 12.5 Å². The van der Waals surface area contributed by atoms with Crippen LogP contribution in [0, 0.1) is 0 Å². The van der Waals surface area contributed by atoms with Crippen LogP contribution in [-0.4, -0.2) is 47.3 Å². The number of nitrogens with one attached hydrogen (secondary N) is 2. The molecule has 30 heavy (non-hydrogen) atoms. The molecule has 0 aliphatic heterocycles. The maximum Gasteiger partial charge on any atom is 0.239 e. The molecule has 7 heteroatoms. The second-order valence-corrected chi connectivity index (χ2v) is 7.08. The summed E-state index contributed by atoms with van der Waals surface area (Å²) in [7, 11) is 1.65. The monoisotopic (exact) mass is 406 g/mol. The molecule has 0 atom stereocenters. The van der Waals surface area contributed by atoms with Crippen LogP contribution in [0.2, 0.25) is 0 Å². The molecule has 7 nitrogen and oxygen atoms in total. The largest absolute Gasteiger partial charge is 0.497 e. The maximum absolute atomic E-state index is 12.5. The molecule has 3 aromatic heterocycles. The molecule has 0 unspecified atom stereocenters. The number of fused-ring (bicyclic) bond motifs is 2. The first kappa shape index (κ1) is 20.0. The Bertz CT molecular complexity index is 1130. The molecular formula is C23H26N4O3. The first-order valence-corrected chi connectivity index (χ1v) is 10.1. The molecule has 0 aliphatic carbocycles. The lowest BCUT2D eigenvalue weighted by Gasteiger charge is -2.08. The van der Waals surface area contributed by atoms with Crippen molar-refractivity contribution in [2.75, 3.05) is 26.9 Å². The van der Waals surface area contributed by atoms with Crippen molar-refractivity contribution in [2.45, 2.75) is 19.9 Å². The van der Waals surface area contributed by atoms with Crippen LogP contribution in [0.15, 0.2) is 48.8 Å². The molecular weight excluding hydrogens is 380 g/mol. The zero-order valence-corrected chi connectivity index (χ0v) is 17.3. The Balaban J connectivity index is 1.63. The van der Waals surface area contributed by atoms with Crippen LogP contribution >= 0.6 is 0 Å². The van der Waals surface area contributed by atoms with Gasteiger partial charge in [0.25, 0.3) is 0 Å². The maximum atomic E-state index is 12.5. The molecule has 0 aliphatic rings. The Hall–Kier alpha value is -3.32. The molecule has 0 radical (unpaired) electrons. The second-order valence-electron chi connectivity index (χ2n) is 7.08. The number of H-pyrrole nitrogens is 1. The molecule has 4 rings (SSSR count). The van der Waals surface area contributed by atoms with Gasteiger partial charge >= 0.3 is 0 Å². The van der Waals surface area contributed by atoms with Crippen molar-refractivity contribution in [3.8, 4) is 17.0 Å². The van der Waals surface area contributed by atoms with Crippen LogP contribution in [0.1, 0.15) is 13.3 Å². The van der Waals surface area contributed by atoms with E-state index in [4.69, 9.17) is 9.47 Å². The summed E-state index contributed by atoms with van der Waals surface area (Å²) in [4.78, 5) is 20.3. The summed E-state index contributed by atoms with van der Waals surface area (Å²) in [6.07, 6.45) is 4.58. The highest BCUT2D eigenvalue weighted by Crippen LogP contribution is 2.34. The average molecular weight is 406 g/mol. The van der Waals surface area contributed by atoms with E-state index in [2.05, 4.69) is 21.4 Å². The number of ether oxygens (including phenoxy) is 2. The van der Waals surface area contributed by atoms with Crippen molar-refractivity contribution in [3.63, 3.8) is 0 Å². The lowest BCUT2D eigenvalue weighted by Crippen LogP contribution is -2.28. The molecule has 0 saturated carbocycles. The van der Waals surface area contributed by atoms with E-state index in [9.17, 15) is 4.79 Å². The highest BCUT2D eigenvalue weighted by atomic mass is 16.5. The van der Waals surface area contributed by atoms with Crippen molar-refractivity contribution in [2.24, 2.45) is 0 Å². The number of hydrogen-bond acceptors (Lipinski definition) is 4. The van der Waals surface area contributed by atoms with E-state index < -0.39 is 0 Å². The van der Waals surface area contributed by atoms with Crippen LogP contribution in [0.3, 0.4) is 0 Å². The predicted octanol–water partition coefficient (Wildman–Crippen LogP) is 3.74. The van der Waals surface area contributed by atoms with E-state index in [1.54, 1.807) is 13.3 Å². The lowest BCUT2D eigenvalue weighted by atomic mass is 10.1. The third-order valence-corrected chi connectivity index (χ3v) is 5.08. The minimum Gasteiger partial charge on any atom is -0.497 e. The number of benzene rings is 1. The number of carbonyl (C=O) groups is 1. The topological polar surface area (TPSA) is 81.2 Å². The summed E-state index contributed by atoms with van der Waals surface area (Å²) >= 11 is 0. The minimum absolute atomic E-state index is 0.0240. The van der Waals surface area contributed by atoms with Gasteiger partial charge in [-0.1, -0.05) is 0 Å². The number of rotatable bonds is 9. The first-order chi connectivity index (χ1) is 14.7. The molecule has 2 N–H and O–H groups in total. The number of methoxy groups -OCH3 is 1. The minimum atomic E-state index is -0.0240. The van der Waals surface area contributed by atoms with Gasteiger partial charge in [0, 0.05) is 59.7 Å². The van der Waals surface area contributed by atoms with Gasteiger partial charge in [0.1, 0.15) is 17.9 Å². The number of carbonyl (C=O) groups excluding carboxylic acids is 1. The van der Waals surface area contributed by atoms with Gasteiger partial charge in [-0.15, -0.1) is 0 Å². The number of nitrogens with zero attached hydrogens (tertiary/aromatic N) is 2. The van der Waals surface area contributed by atoms with Crippen molar-refractivity contribution < 1.29 is 14.3 Å². The Kier molecular flexibility index (Phi) is 5.99. The molecule has 0 spiro atoms. The fourth-order valence-electron chi connectivity index (χ4n) is 3.61. The fraction of sp³-hybridized carbons (Fsp3) is 0.304. The van der Waals surface area contributed by atoms with E-state index in [1.807, 2.05) is 48.0 Å². The highest BCUT2D eigenvalue weighted by molar-refractivity contribution is 5.99. The Labute approximate surface area is 175 Å². The van der Waals surface area contributed by atoms with Gasteiger partial charge in [-0.2, -0.15) is 0 Å². The first-order valence-electron chi connectivity index (χ1n) is 10.1. The second kappa shape index (κ2) is 9.00. The summed E-state index contributed by atoms with van der Waals surface area (Å²) in [5.74, 6) is 0.750. The van der Waals surface area contributed by atoms with Crippen LogP contribution < -0.4 is 10.1 Å². The van der Waals surface area contributed by atoms with E-state index >= 15 is 0 Å². The zero-order chi connectivity index (χ0) is 20.9. The van der Waals surface area contributed by atoms with Gasteiger partial charge < -0.3 is 24.3 Å². The third kappa shape index (κ3) is 4.16. The third-order valence-electron chi connectivity index (χ3n) is 5.08. The van der Waals surface area contributed by atoms with Crippen molar-refractivity contribution in [1.82, 2.24) is 19.9 Å². The lowest BCUT2D eigenvalue weighted by molar-refractivity contribution is -0.121. The molecule has 1 amide bonds. The standard InChI is InChI=1S/C23H26N4O3/c1-3-30-11-5-10-24-22(28)15-27-14-19(18-13-17(29-2)7-8-21(18)27)20-12-16-6-4-9-25-23(16)26-20/h4,6-9,12-14H,3,5,10-11,15H2,1-2H3,(H,24,28)(H,25,26). The molecule has 156 valence electrons. The van der Waals surface area contributed by atoms with Crippen molar-refractivity contribution >= 4 is 27.8 Å². The number of aromatic nitrogens is 3. The summed E-state index contributed by atoms with van der Waals surface area (Å²) in [6.45, 7) is 4.16. The summed E-state index contributed by atoms with van der Waals surface area (Å²) in [5.41, 5.74) is 3.77. The van der Waals surface area contributed by atoms with Crippen LogP contribution in [0.25, 0.3) is 33.2 Å². The number of aromatic amines is 1. The van der Waals surface area contributed by atoms with E-state index in [0.29, 0.717) is 19.8 Å². The van der Waals surface area contributed by atoms with Gasteiger partial charge in [0.15, 0.2) is 0 Å². The van der Waals surface area contributed by atoms with Crippen LogP contribution in [0.5, 0.6) is 5.75 Å². The molecule has 0 fully saturated rings. The van der Waals surface area contributed by atoms with Crippen molar-refractivity contribution in [3.05, 3.63) is 48.8 Å². The molecule has 4 aromatic rings. The zero-order valence-electron chi connectivity index (χ0n) is 17.3. The van der Waals surface area contributed by atoms with Crippen LogP contribution in [-0.2, 0) is 16.1 Å². The Morgan fingerprint density at radius 2 is 2.17 bits per heavy atom. The van der Waals surface area contributed by atoms with E-state index in [1.165, 1.54) is 0 Å². The summed E-state index contributed by atoms with van der Waals surface area (Å²) in [6, 6.07) is 11.9. The molecule has 3 heterocycles. The molecule has 1 aromatic carbocycles. The molecule has 0 saturated heterocycles. The van der Waals surface area contributed by atoms with Gasteiger partial charge in [-0.25, -0.2) is 4.98 Å². The summed E-state index contributed by atoms with van der Waals surface area (Å²) in [5, 5.41) is 5.03. The average Bonchev–Trinajstić information content (AvgIpc) is 3.34. The highest BCUT2D eigenvalue weighted by Gasteiger charge is 2.15. The summed E-state index contributed by atoms with van der Waals surface area (Å²) < 4.78 is 12.7. The van der Waals surface area contributed by atoms with E-state index in [0.717, 1.165) is 45.4 Å². The predicted molar refractivity (Wildman–Crippen MR) is 118 cm³/mol. The van der Waals surface area contributed by atoms with Crippen molar-refractivity contribution in [1.29, 1.82) is 0 Å². The van der Waals surface area contributed by atoms with Gasteiger partial charge in [0.2, 0.25) is 5.91 Å². The number of hydrogen-bond donors (Lipinski definition) is 2. The number of amides is 1. The fourth-order valence-corrected chi connectivity index (χ4v) is 3.61. The SMILES string of the molecule is CCOCCCNC(=O)Cn1cc(-c2cc3cccnc3[nH]2)c2cc(OC)ccc21. The van der Waals surface area contributed by atoms with Gasteiger partial charge in [-0.3, -0.25) is 4.79 Å². The van der Waals surface area contributed by atoms with Gasteiger partial charge in [0.05, 0.1) is 7.11 Å². The molecule has 0 bridgehead atoms. The van der Waals surface area contributed by atoms with Gasteiger partial charge in [-0.05, 0) is 49.7 Å². The van der Waals surface area contributed by atoms with Crippen LogP contribution in [0.4, 0.5) is 0 Å². The Morgan fingerprint density at radius 1 is 1.27 bits per heavy atom. The smallest absolute Gasteiger partial charge is 0.239 e. The number of pyridine rings is 1. The normalized spacial score (nSPS) is 11.3.